The van der Waals surface area contributed by atoms with Gasteiger partial charge in [0.2, 0.25) is 15.9 Å². The number of rotatable bonds is 8. The third-order valence-electron chi connectivity index (χ3n) is 3.64. The Morgan fingerprint density at radius 1 is 1.24 bits per heavy atom. The van der Waals surface area contributed by atoms with Gasteiger partial charge in [0.1, 0.15) is 5.76 Å². The predicted molar refractivity (Wildman–Crippen MR) is 96.1 cm³/mol. The number of carbonyl (C=O) groups is 1. The first-order valence-corrected chi connectivity index (χ1v) is 9.49. The minimum Gasteiger partial charge on any atom is -0.468 e. The van der Waals surface area contributed by atoms with Crippen LogP contribution >= 0.6 is 0 Å². The molecule has 1 amide bonds. The fourth-order valence-corrected chi connectivity index (χ4v) is 2.98. The van der Waals surface area contributed by atoms with E-state index in [0.717, 1.165) is 12.0 Å². The second kappa shape index (κ2) is 8.64. The highest BCUT2D eigenvalue weighted by Gasteiger charge is 2.13. The number of furan rings is 1. The van der Waals surface area contributed by atoms with Gasteiger partial charge in [-0.3, -0.25) is 4.79 Å². The van der Waals surface area contributed by atoms with Gasteiger partial charge < -0.3 is 9.73 Å². The van der Waals surface area contributed by atoms with Crippen LogP contribution in [0.2, 0.25) is 0 Å². The lowest BCUT2D eigenvalue weighted by atomic mass is 10.2. The van der Waals surface area contributed by atoms with E-state index in [-0.39, 0.29) is 23.4 Å². The molecule has 25 heavy (non-hydrogen) atoms. The van der Waals surface area contributed by atoms with Crippen LogP contribution in [-0.4, -0.2) is 20.4 Å². The molecule has 0 saturated heterocycles. The van der Waals surface area contributed by atoms with Gasteiger partial charge in [0.05, 0.1) is 17.7 Å². The molecule has 0 aliphatic rings. The minimum atomic E-state index is -3.62. The lowest BCUT2D eigenvalue weighted by Gasteiger charge is -2.08. The monoisotopic (exact) mass is 362 g/mol. The third-order valence-corrected chi connectivity index (χ3v) is 5.05. The van der Waals surface area contributed by atoms with Gasteiger partial charge >= 0.3 is 0 Å². The summed E-state index contributed by atoms with van der Waals surface area (Å²) < 4.78 is 32.0. The Kier molecular flexibility index (Phi) is 6.55. The molecule has 0 saturated carbocycles. The molecule has 0 unspecified atom stereocenters. The van der Waals surface area contributed by atoms with Crippen molar-refractivity contribution in [3.8, 4) is 0 Å². The molecule has 2 rings (SSSR count). The van der Waals surface area contributed by atoms with Crippen molar-refractivity contribution in [2.75, 3.05) is 0 Å². The summed E-state index contributed by atoms with van der Waals surface area (Å²) in [5, 5.41) is 2.83. The maximum absolute atomic E-state index is 12.2. The molecule has 1 atom stereocenters. The first-order chi connectivity index (χ1) is 11.9. The van der Waals surface area contributed by atoms with E-state index >= 15 is 0 Å². The molecule has 2 N–H and O–H groups in total. The summed E-state index contributed by atoms with van der Waals surface area (Å²) >= 11 is 0. The van der Waals surface area contributed by atoms with Crippen LogP contribution in [-0.2, 0) is 21.4 Å². The van der Waals surface area contributed by atoms with Gasteiger partial charge in [0.25, 0.3) is 0 Å². The lowest BCUT2D eigenvalue weighted by molar-refractivity contribution is -0.117. The molecule has 0 spiro atoms. The zero-order valence-electron chi connectivity index (χ0n) is 14.2. The standard InChI is InChI=1S/C18H22N2O4S/c1-3-14(2)20-18(21)11-8-15-6-9-17(10-7-15)25(22,23)19-13-16-5-4-12-24-16/h4-12,14,19H,3,13H2,1-2H3,(H,20,21)/b11-8+/t14-/m0/s1. The molecule has 1 heterocycles. The summed E-state index contributed by atoms with van der Waals surface area (Å²) in [7, 11) is -3.62. The fraction of sp³-hybridized carbons (Fsp3) is 0.278. The summed E-state index contributed by atoms with van der Waals surface area (Å²) in [4.78, 5) is 11.8. The van der Waals surface area contributed by atoms with E-state index in [0.29, 0.717) is 5.76 Å². The number of amides is 1. The molecule has 0 fully saturated rings. The molecule has 7 heteroatoms. The molecule has 2 aromatic rings. The molecule has 0 bridgehead atoms. The van der Waals surface area contributed by atoms with Crippen LogP contribution in [0.15, 0.2) is 58.1 Å². The SMILES string of the molecule is CC[C@H](C)NC(=O)/C=C/c1ccc(S(=O)(=O)NCc2ccco2)cc1. The molecule has 134 valence electrons. The lowest BCUT2D eigenvalue weighted by Crippen LogP contribution is -2.30. The van der Waals surface area contributed by atoms with Crippen molar-refractivity contribution in [2.24, 2.45) is 0 Å². The van der Waals surface area contributed by atoms with Gasteiger partial charge in [-0.25, -0.2) is 13.1 Å². The van der Waals surface area contributed by atoms with E-state index in [4.69, 9.17) is 4.42 Å². The van der Waals surface area contributed by atoms with E-state index < -0.39 is 10.0 Å². The Balaban J connectivity index is 1.97. The predicted octanol–water partition coefficient (Wildman–Crippen LogP) is 2.69. The normalized spacial score (nSPS) is 13.0. The fourth-order valence-electron chi connectivity index (χ4n) is 1.99. The number of hydrogen-bond acceptors (Lipinski definition) is 4. The number of carbonyl (C=O) groups excluding carboxylic acids is 1. The van der Waals surface area contributed by atoms with E-state index in [9.17, 15) is 13.2 Å². The van der Waals surface area contributed by atoms with Crippen LogP contribution in [0.5, 0.6) is 0 Å². The van der Waals surface area contributed by atoms with Crippen LogP contribution in [0.25, 0.3) is 6.08 Å². The highest BCUT2D eigenvalue weighted by atomic mass is 32.2. The van der Waals surface area contributed by atoms with Crippen LogP contribution in [0, 0.1) is 0 Å². The van der Waals surface area contributed by atoms with Crippen molar-refractivity contribution in [2.45, 2.75) is 37.8 Å². The van der Waals surface area contributed by atoms with Crippen molar-refractivity contribution in [1.82, 2.24) is 10.0 Å². The number of nitrogens with one attached hydrogen (secondary N) is 2. The Bertz CT molecular complexity index is 809. The summed E-state index contributed by atoms with van der Waals surface area (Å²) in [6.07, 6.45) is 5.43. The number of benzene rings is 1. The quantitative estimate of drug-likeness (QED) is 0.707. The Labute approximate surface area is 148 Å². The number of hydrogen-bond donors (Lipinski definition) is 2. The van der Waals surface area contributed by atoms with Crippen molar-refractivity contribution < 1.29 is 17.6 Å². The van der Waals surface area contributed by atoms with Crippen LogP contribution in [0.1, 0.15) is 31.6 Å². The Morgan fingerprint density at radius 2 is 1.96 bits per heavy atom. The highest BCUT2D eigenvalue weighted by Crippen LogP contribution is 2.12. The van der Waals surface area contributed by atoms with Crippen LogP contribution in [0.3, 0.4) is 0 Å². The molecule has 1 aromatic carbocycles. The maximum Gasteiger partial charge on any atom is 0.244 e. The zero-order valence-corrected chi connectivity index (χ0v) is 15.0. The molecule has 0 aliphatic heterocycles. The van der Waals surface area contributed by atoms with E-state index in [1.807, 2.05) is 13.8 Å². The Morgan fingerprint density at radius 3 is 2.56 bits per heavy atom. The van der Waals surface area contributed by atoms with Gasteiger partial charge in [-0.05, 0) is 49.2 Å². The van der Waals surface area contributed by atoms with Gasteiger partial charge in [-0.15, -0.1) is 0 Å². The van der Waals surface area contributed by atoms with Gasteiger partial charge in [0.15, 0.2) is 0 Å². The van der Waals surface area contributed by atoms with Gasteiger partial charge in [0, 0.05) is 12.1 Å². The average Bonchev–Trinajstić information content (AvgIpc) is 3.12. The van der Waals surface area contributed by atoms with Crippen molar-refractivity contribution in [1.29, 1.82) is 0 Å². The minimum absolute atomic E-state index is 0.0901. The molecule has 0 radical (unpaired) electrons. The second-order valence-corrected chi connectivity index (χ2v) is 7.39. The van der Waals surface area contributed by atoms with Crippen molar-refractivity contribution >= 4 is 22.0 Å². The highest BCUT2D eigenvalue weighted by molar-refractivity contribution is 7.89. The maximum atomic E-state index is 12.2. The molecule has 0 aliphatic carbocycles. The van der Waals surface area contributed by atoms with Crippen LogP contribution in [0.4, 0.5) is 0 Å². The zero-order chi connectivity index (χ0) is 18.3. The van der Waals surface area contributed by atoms with E-state index in [1.54, 1.807) is 30.3 Å². The Hall–Kier alpha value is -2.38. The second-order valence-electron chi connectivity index (χ2n) is 5.62. The first-order valence-electron chi connectivity index (χ1n) is 8.01. The summed E-state index contributed by atoms with van der Waals surface area (Å²) in [6.45, 7) is 4.02. The summed E-state index contributed by atoms with van der Waals surface area (Å²) in [5.74, 6) is 0.363. The van der Waals surface area contributed by atoms with Crippen LogP contribution < -0.4 is 10.0 Å². The van der Waals surface area contributed by atoms with Gasteiger partial charge in [-0.1, -0.05) is 19.1 Å². The van der Waals surface area contributed by atoms with Crippen molar-refractivity contribution in [3.63, 3.8) is 0 Å². The van der Waals surface area contributed by atoms with Gasteiger partial charge in [-0.2, -0.15) is 0 Å². The average molecular weight is 362 g/mol. The first kappa shape index (κ1) is 19.0. The van der Waals surface area contributed by atoms with E-state index in [2.05, 4.69) is 10.0 Å². The van der Waals surface area contributed by atoms with Crippen molar-refractivity contribution in [3.05, 3.63) is 60.1 Å². The van der Waals surface area contributed by atoms with E-state index in [1.165, 1.54) is 24.5 Å². The largest absolute Gasteiger partial charge is 0.468 e. The molecular formula is C18H22N2O4S. The molecule has 6 nitrogen and oxygen atoms in total. The molecule has 1 aromatic heterocycles. The molecular weight excluding hydrogens is 340 g/mol. The third kappa shape index (κ3) is 5.88. The summed E-state index contributed by atoms with van der Waals surface area (Å²) in [5.41, 5.74) is 0.740. The smallest absolute Gasteiger partial charge is 0.244 e. The summed E-state index contributed by atoms with van der Waals surface area (Å²) in [6, 6.07) is 9.80. The number of sulfonamides is 1. The topological polar surface area (TPSA) is 88.4 Å².